The number of fused-ring (bicyclic) bond motifs is 1. The molecule has 1 unspecified atom stereocenters. The van der Waals surface area contributed by atoms with Crippen LogP contribution < -0.4 is 10.5 Å². The molecular weight excluding hydrogens is 406 g/mol. The zero-order valence-corrected chi connectivity index (χ0v) is 15.5. The molecular formula is C15H16BrClF2N4O. The van der Waals surface area contributed by atoms with E-state index in [4.69, 9.17) is 11.6 Å². The van der Waals surface area contributed by atoms with Gasteiger partial charge in [-0.25, -0.2) is 18.7 Å². The fraction of sp³-hybridized carbons (Fsp3) is 0.533. The second-order valence-corrected chi connectivity index (χ2v) is 7.73. The van der Waals surface area contributed by atoms with Gasteiger partial charge in [0.25, 0.3) is 11.5 Å². The lowest BCUT2D eigenvalue weighted by atomic mass is 10.1. The molecule has 0 saturated carbocycles. The summed E-state index contributed by atoms with van der Waals surface area (Å²) in [6, 6.07) is 1.66. The summed E-state index contributed by atoms with van der Waals surface area (Å²) in [7, 11) is 1.57. The highest BCUT2D eigenvalue weighted by Gasteiger charge is 2.35. The molecule has 24 heavy (non-hydrogen) atoms. The van der Waals surface area contributed by atoms with Crippen LogP contribution in [0.15, 0.2) is 10.9 Å². The molecule has 0 N–H and O–H groups in total. The van der Waals surface area contributed by atoms with Crippen molar-refractivity contribution in [3.05, 3.63) is 27.1 Å². The Kier molecular flexibility index (Phi) is 4.55. The number of piperidine rings is 1. The van der Waals surface area contributed by atoms with E-state index in [1.807, 2.05) is 6.92 Å². The Morgan fingerprint density at radius 2 is 1.92 bits per heavy atom. The van der Waals surface area contributed by atoms with Gasteiger partial charge in [0.1, 0.15) is 10.7 Å². The van der Waals surface area contributed by atoms with Crippen LogP contribution in [-0.4, -0.2) is 33.5 Å². The van der Waals surface area contributed by atoms with Gasteiger partial charge < -0.3 is 4.90 Å². The Labute approximate surface area is 150 Å². The predicted octanol–water partition coefficient (Wildman–Crippen LogP) is 3.67. The summed E-state index contributed by atoms with van der Waals surface area (Å²) in [5.74, 6) is -2.28. The summed E-state index contributed by atoms with van der Waals surface area (Å²) in [5.41, 5.74) is 1.02. The molecule has 0 spiro atoms. The van der Waals surface area contributed by atoms with Crippen molar-refractivity contribution in [3.63, 3.8) is 0 Å². The monoisotopic (exact) mass is 420 g/mol. The second kappa shape index (κ2) is 6.22. The van der Waals surface area contributed by atoms with Gasteiger partial charge in [0.15, 0.2) is 5.52 Å². The first-order valence-corrected chi connectivity index (χ1v) is 8.83. The summed E-state index contributed by atoms with van der Waals surface area (Å²) in [6.07, 6.45) is -0.497. The molecule has 2 aromatic rings. The number of hydrogen-bond donors (Lipinski definition) is 0. The highest BCUT2D eigenvalue weighted by Crippen LogP contribution is 2.32. The first-order valence-electron chi connectivity index (χ1n) is 7.53. The van der Waals surface area contributed by atoms with Gasteiger partial charge in [-0.1, -0.05) is 27.5 Å². The smallest absolute Gasteiger partial charge is 0.281 e. The van der Waals surface area contributed by atoms with Gasteiger partial charge in [-0.05, 0) is 18.6 Å². The van der Waals surface area contributed by atoms with Crippen LogP contribution in [0, 0.1) is 0 Å². The van der Waals surface area contributed by atoms with Gasteiger partial charge in [-0.15, -0.1) is 0 Å². The number of halogens is 4. The van der Waals surface area contributed by atoms with E-state index in [9.17, 15) is 13.6 Å². The lowest BCUT2D eigenvalue weighted by Crippen LogP contribution is -2.42. The molecule has 0 bridgehead atoms. The number of nitrogens with zero attached hydrogens (tertiary/aromatic N) is 4. The number of aromatic nitrogens is 3. The van der Waals surface area contributed by atoms with Crippen LogP contribution in [0.4, 0.5) is 14.7 Å². The SMILES string of the molecule is CC(Br)c1cc(Cl)nc2c(=O)n(C)c(N3CCC(F)(F)CC3)nc12. The van der Waals surface area contributed by atoms with Gasteiger partial charge in [0.05, 0.1) is 0 Å². The van der Waals surface area contributed by atoms with Gasteiger partial charge in [0, 0.05) is 37.8 Å². The van der Waals surface area contributed by atoms with Crippen LogP contribution >= 0.6 is 27.5 Å². The maximum atomic E-state index is 13.4. The molecule has 1 aliphatic heterocycles. The van der Waals surface area contributed by atoms with Crippen molar-refractivity contribution in [2.24, 2.45) is 7.05 Å². The van der Waals surface area contributed by atoms with Crippen molar-refractivity contribution in [2.75, 3.05) is 18.0 Å². The topological polar surface area (TPSA) is 51.0 Å². The number of alkyl halides is 3. The summed E-state index contributed by atoms with van der Waals surface area (Å²) in [4.78, 5) is 23.0. The molecule has 1 fully saturated rings. The predicted molar refractivity (Wildman–Crippen MR) is 93.5 cm³/mol. The zero-order valence-electron chi connectivity index (χ0n) is 13.2. The highest BCUT2D eigenvalue weighted by molar-refractivity contribution is 9.09. The van der Waals surface area contributed by atoms with E-state index < -0.39 is 5.92 Å². The standard InChI is InChI=1S/C15H16BrClF2N4O/c1-8(16)9-7-10(17)20-12-11(9)21-14(22(2)13(12)24)23-5-3-15(18,19)4-6-23/h7-8H,3-6H2,1-2H3. The van der Waals surface area contributed by atoms with Gasteiger partial charge in [-0.3, -0.25) is 9.36 Å². The minimum absolute atomic E-state index is 0.0846. The van der Waals surface area contributed by atoms with E-state index in [0.717, 1.165) is 5.56 Å². The van der Waals surface area contributed by atoms with Crippen molar-refractivity contribution in [3.8, 4) is 0 Å². The van der Waals surface area contributed by atoms with Crippen molar-refractivity contribution in [1.82, 2.24) is 14.5 Å². The third-order valence-corrected chi connectivity index (χ3v) is 4.90. The molecule has 1 saturated heterocycles. The first kappa shape index (κ1) is 17.5. The van der Waals surface area contributed by atoms with Crippen molar-refractivity contribution in [1.29, 1.82) is 0 Å². The number of hydrogen-bond acceptors (Lipinski definition) is 4. The lowest BCUT2D eigenvalue weighted by Gasteiger charge is -2.33. The third kappa shape index (κ3) is 3.13. The van der Waals surface area contributed by atoms with Gasteiger partial charge in [0.2, 0.25) is 5.95 Å². The molecule has 0 radical (unpaired) electrons. The minimum Gasteiger partial charge on any atom is -0.342 e. The van der Waals surface area contributed by atoms with Crippen LogP contribution in [0.25, 0.3) is 11.0 Å². The van der Waals surface area contributed by atoms with Crippen LogP contribution in [0.5, 0.6) is 0 Å². The number of anilines is 1. The summed E-state index contributed by atoms with van der Waals surface area (Å²) in [5, 5.41) is 0.216. The molecule has 9 heteroatoms. The van der Waals surface area contributed by atoms with Crippen molar-refractivity contribution >= 4 is 44.5 Å². The third-order valence-electron chi connectivity index (χ3n) is 4.22. The fourth-order valence-electron chi connectivity index (χ4n) is 2.84. The van der Waals surface area contributed by atoms with Crippen LogP contribution in [0.3, 0.4) is 0 Å². The first-order chi connectivity index (χ1) is 11.2. The van der Waals surface area contributed by atoms with E-state index in [-0.39, 0.29) is 47.0 Å². The molecule has 1 aliphatic rings. The largest absolute Gasteiger partial charge is 0.342 e. The van der Waals surface area contributed by atoms with E-state index >= 15 is 0 Å². The number of pyridine rings is 1. The minimum atomic E-state index is -2.66. The molecule has 130 valence electrons. The summed E-state index contributed by atoms with van der Waals surface area (Å²) < 4.78 is 28.1. The van der Waals surface area contributed by atoms with Gasteiger partial charge >= 0.3 is 0 Å². The van der Waals surface area contributed by atoms with Gasteiger partial charge in [-0.2, -0.15) is 0 Å². The highest BCUT2D eigenvalue weighted by atomic mass is 79.9. The fourth-order valence-corrected chi connectivity index (χ4v) is 3.39. The van der Waals surface area contributed by atoms with Crippen molar-refractivity contribution < 1.29 is 8.78 Å². The Bertz CT molecular complexity index is 845. The lowest BCUT2D eigenvalue weighted by molar-refractivity contribution is -0.0223. The molecule has 0 aromatic carbocycles. The Morgan fingerprint density at radius 3 is 2.50 bits per heavy atom. The maximum Gasteiger partial charge on any atom is 0.281 e. The maximum absolute atomic E-state index is 13.4. The average Bonchev–Trinajstić information content (AvgIpc) is 2.51. The quantitative estimate of drug-likeness (QED) is 0.548. The summed E-state index contributed by atoms with van der Waals surface area (Å²) in [6.45, 7) is 2.20. The van der Waals surface area contributed by atoms with E-state index in [2.05, 4.69) is 25.9 Å². The average molecular weight is 422 g/mol. The molecule has 1 atom stereocenters. The van der Waals surface area contributed by atoms with Crippen molar-refractivity contribution in [2.45, 2.75) is 30.5 Å². The molecule has 3 heterocycles. The van der Waals surface area contributed by atoms with E-state index in [1.165, 1.54) is 4.57 Å². The van der Waals surface area contributed by atoms with Crippen LogP contribution in [0.1, 0.15) is 30.2 Å². The number of rotatable bonds is 2. The Balaban J connectivity index is 2.17. The Hall–Kier alpha value is -1.28. The zero-order chi connectivity index (χ0) is 17.6. The van der Waals surface area contributed by atoms with Crippen LogP contribution in [-0.2, 0) is 7.05 Å². The molecule has 0 aliphatic carbocycles. The van der Waals surface area contributed by atoms with E-state index in [0.29, 0.717) is 11.5 Å². The van der Waals surface area contributed by atoms with Crippen LogP contribution in [0.2, 0.25) is 5.15 Å². The second-order valence-electron chi connectivity index (χ2n) is 5.97. The van der Waals surface area contributed by atoms with E-state index in [1.54, 1.807) is 18.0 Å². The normalized spacial score (nSPS) is 18.8. The molecule has 3 rings (SSSR count). The molecule has 5 nitrogen and oxygen atoms in total. The Morgan fingerprint density at radius 1 is 1.29 bits per heavy atom. The molecule has 2 aromatic heterocycles. The summed E-state index contributed by atoms with van der Waals surface area (Å²) >= 11 is 9.48. The molecule has 0 amide bonds.